The Balaban J connectivity index is 2.17. The Kier molecular flexibility index (Phi) is 3.70. The molecular weight excluding hydrogens is 226 g/mol. The van der Waals surface area contributed by atoms with Crippen LogP contribution in [0.2, 0.25) is 0 Å². The van der Waals surface area contributed by atoms with Crippen LogP contribution in [0, 0.1) is 12.8 Å². The summed E-state index contributed by atoms with van der Waals surface area (Å²) < 4.78 is 0. The molecule has 1 saturated heterocycles. The molecule has 96 valence electrons. The third-order valence-electron chi connectivity index (χ3n) is 3.45. The highest BCUT2D eigenvalue weighted by Gasteiger charge is 2.18. The molecule has 0 saturated carbocycles. The van der Waals surface area contributed by atoms with Crippen LogP contribution in [0.1, 0.15) is 24.5 Å². The number of aryl methyl sites for hydroxylation is 1. The zero-order valence-corrected chi connectivity index (χ0v) is 10.9. The highest BCUT2D eigenvalue weighted by molar-refractivity contribution is 5.85. The molecule has 2 rings (SSSR count). The second-order valence-electron chi connectivity index (χ2n) is 5.05. The maximum Gasteiger partial charge on any atom is 0.328 e. The van der Waals surface area contributed by atoms with Gasteiger partial charge in [0.2, 0.25) is 0 Å². The molecule has 0 amide bonds. The number of rotatable bonds is 3. The van der Waals surface area contributed by atoms with Gasteiger partial charge in [0.25, 0.3) is 0 Å². The van der Waals surface area contributed by atoms with E-state index in [4.69, 9.17) is 5.11 Å². The zero-order chi connectivity index (χ0) is 13.1. The first-order chi connectivity index (χ1) is 8.56. The molecule has 18 heavy (non-hydrogen) atoms. The van der Waals surface area contributed by atoms with Gasteiger partial charge in [0, 0.05) is 24.9 Å². The van der Waals surface area contributed by atoms with Gasteiger partial charge in [-0.15, -0.1) is 0 Å². The van der Waals surface area contributed by atoms with Crippen LogP contribution in [0.4, 0.5) is 5.69 Å². The number of hydrogen-bond acceptors (Lipinski definition) is 2. The predicted octanol–water partition coefficient (Wildman–Crippen LogP) is 2.94. The highest BCUT2D eigenvalue weighted by Crippen LogP contribution is 2.25. The van der Waals surface area contributed by atoms with Crippen molar-refractivity contribution in [2.24, 2.45) is 5.92 Å². The maximum absolute atomic E-state index is 10.5. The van der Waals surface area contributed by atoms with Crippen LogP contribution >= 0.6 is 0 Å². The minimum Gasteiger partial charge on any atom is -0.478 e. The SMILES string of the molecule is Cc1cc(N2CCC(C)C2)ccc1/C=C/C(=O)O. The minimum absolute atomic E-state index is 0.761. The molecule has 0 spiro atoms. The lowest BCUT2D eigenvalue weighted by atomic mass is 10.1. The fraction of sp³-hybridized carbons (Fsp3) is 0.400. The van der Waals surface area contributed by atoms with E-state index in [2.05, 4.69) is 24.0 Å². The summed E-state index contributed by atoms with van der Waals surface area (Å²) in [6.45, 7) is 6.52. The summed E-state index contributed by atoms with van der Waals surface area (Å²) in [5.74, 6) is -0.149. The summed E-state index contributed by atoms with van der Waals surface area (Å²) in [4.78, 5) is 12.9. The third-order valence-corrected chi connectivity index (χ3v) is 3.45. The Morgan fingerprint density at radius 2 is 2.28 bits per heavy atom. The maximum atomic E-state index is 10.5. The van der Waals surface area contributed by atoms with Crippen molar-refractivity contribution in [3.05, 3.63) is 35.4 Å². The Morgan fingerprint density at radius 3 is 2.83 bits per heavy atom. The molecule has 0 radical (unpaired) electrons. The molecular formula is C15H19NO2. The topological polar surface area (TPSA) is 40.5 Å². The summed E-state index contributed by atoms with van der Waals surface area (Å²) in [5.41, 5.74) is 3.32. The van der Waals surface area contributed by atoms with Gasteiger partial charge in [0.1, 0.15) is 0 Å². The van der Waals surface area contributed by atoms with Gasteiger partial charge in [0.05, 0.1) is 0 Å². The van der Waals surface area contributed by atoms with Crippen LogP contribution in [0.25, 0.3) is 6.08 Å². The van der Waals surface area contributed by atoms with E-state index < -0.39 is 5.97 Å². The Labute approximate surface area is 108 Å². The van der Waals surface area contributed by atoms with E-state index in [-0.39, 0.29) is 0 Å². The van der Waals surface area contributed by atoms with Gasteiger partial charge in [-0.1, -0.05) is 13.0 Å². The largest absolute Gasteiger partial charge is 0.478 e. The van der Waals surface area contributed by atoms with Crippen LogP contribution < -0.4 is 4.90 Å². The second-order valence-corrected chi connectivity index (χ2v) is 5.05. The molecule has 1 aromatic rings. The van der Waals surface area contributed by atoms with E-state index in [1.165, 1.54) is 18.2 Å². The van der Waals surface area contributed by atoms with Crippen molar-refractivity contribution in [3.63, 3.8) is 0 Å². The molecule has 3 nitrogen and oxygen atoms in total. The predicted molar refractivity (Wildman–Crippen MR) is 73.8 cm³/mol. The normalized spacial score (nSPS) is 19.7. The summed E-state index contributed by atoms with van der Waals surface area (Å²) in [6.07, 6.45) is 4.08. The highest BCUT2D eigenvalue weighted by atomic mass is 16.4. The van der Waals surface area contributed by atoms with Gasteiger partial charge in [0.15, 0.2) is 0 Å². The molecule has 0 aliphatic carbocycles. The molecule has 3 heteroatoms. The van der Waals surface area contributed by atoms with Gasteiger partial charge in [-0.25, -0.2) is 4.79 Å². The van der Waals surface area contributed by atoms with Crippen LogP contribution in [-0.2, 0) is 4.79 Å². The number of anilines is 1. The molecule has 1 aliphatic rings. The monoisotopic (exact) mass is 245 g/mol. The molecule has 0 bridgehead atoms. The average Bonchev–Trinajstić information content (AvgIpc) is 2.74. The van der Waals surface area contributed by atoms with Crippen molar-refractivity contribution >= 4 is 17.7 Å². The lowest BCUT2D eigenvalue weighted by Gasteiger charge is -2.19. The van der Waals surface area contributed by atoms with Crippen LogP contribution in [-0.4, -0.2) is 24.2 Å². The standard InChI is InChI=1S/C15H19NO2/c1-11-7-8-16(10-11)14-5-3-13(12(2)9-14)4-6-15(17)18/h3-6,9,11H,7-8,10H2,1-2H3,(H,17,18)/b6-4+. The van der Waals surface area contributed by atoms with Gasteiger partial charge < -0.3 is 10.0 Å². The first-order valence-corrected chi connectivity index (χ1v) is 6.33. The van der Waals surface area contributed by atoms with Crippen LogP contribution in [0.15, 0.2) is 24.3 Å². The molecule has 1 heterocycles. The fourth-order valence-corrected chi connectivity index (χ4v) is 2.37. The van der Waals surface area contributed by atoms with Crippen LogP contribution in [0.3, 0.4) is 0 Å². The van der Waals surface area contributed by atoms with Crippen molar-refractivity contribution < 1.29 is 9.90 Å². The number of benzene rings is 1. The van der Waals surface area contributed by atoms with E-state index >= 15 is 0 Å². The molecule has 1 aliphatic heterocycles. The van der Waals surface area contributed by atoms with Crippen molar-refractivity contribution in [3.8, 4) is 0 Å². The lowest BCUT2D eigenvalue weighted by molar-refractivity contribution is -0.131. The van der Waals surface area contributed by atoms with Crippen molar-refractivity contribution in [2.75, 3.05) is 18.0 Å². The lowest BCUT2D eigenvalue weighted by Crippen LogP contribution is -2.19. The van der Waals surface area contributed by atoms with E-state index in [1.807, 2.05) is 13.0 Å². The van der Waals surface area contributed by atoms with Crippen molar-refractivity contribution in [1.29, 1.82) is 0 Å². The molecule has 1 fully saturated rings. The summed E-state index contributed by atoms with van der Waals surface area (Å²) >= 11 is 0. The van der Waals surface area contributed by atoms with Crippen molar-refractivity contribution in [1.82, 2.24) is 0 Å². The number of nitrogens with zero attached hydrogens (tertiary/aromatic N) is 1. The summed E-state index contributed by atoms with van der Waals surface area (Å²) in [7, 11) is 0. The molecule has 1 atom stereocenters. The van der Waals surface area contributed by atoms with Gasteiger partial charge in [-0.05, 0) is 48.6 Å². The number of carboxylic acid groups (broad SMARTS) is 1. The molecule has 1 unspecified atom stereocenters. The van der Waals surface area contributed by atoms with E-state index in [9.17, 15) is 4.79 Å². The minimum atomic E-state index is -0.910. The zero-order valence-electron chi connectivity index (χ0n) is 10.9. The number of carbonyl (C=O) groups is 1. The fourth-order valence-electron chi connectivity index (χ4n) is 2.37. The first kappa shape index (κ1) is 12.7. The van der Waals surface area contributed by atoms with Crippen LogP contribution in [0.5, 0.6) is 0 Å². The molecule has 1 aromatic carbocycles. The molecule has 0 aromatic heterocycles. The molecule has 1 N–H and O–H groups in total. The third kappa shape index (κ3) is 2.92. The quantitative estimate of drug-likeness (QED) is 0.832. The van der Waals surface area contributed by atoms with Crippen molar-refractivity contribution in [2.45, 2.75) is 20.3 Å². The van der Waals surface area contributed by atoms with Gasteiger partial charge in [-0.2, -0.15) is 0 Å². The van der Waals surface area contributed by atoms with E-state index in [0.29, 0.717) is 0 Å². The Bertz CT molecular complexity index is 479. The summed E-state index contributed by atoms with van der Waals surface area (Å²) in [6, 6.07) is 6.21. The number of hydrogen-bond donors (Lipinski definition) is 1. The van der Waals surface area contributed by atoms with Gasteiger partial charge in [-0.3, -0.25) is 0 Å². The number of carboxylic acids is 1. The van der Waals surface area contributed by atoms with E-state index in [1.54, 1.807) is 6.08 Å². The average molecular weight is 245 g/mol. The second kappa shape index (κ2) is 5.25. The Hall–Kier alpha value is -1.77. The van der Waals surface area contributed by atoms with E-state index in [0.717, 1.165) is 30.1 Å². The summed E-state index contributed by atoms with van der Waals surface area (Å²) in [5, 5.41) is 8.63. The Morgan fingerprint density at radius 1 is 1.50 bits per heavy atom. The smallest absolute Gasteiger partial charge is 0.328 e. The number of aliphatic carboxylic acids is 1. The van der Waals surface area contributed by atoms with Gasteiger partial charge >= 0.3 is 5.97 Å². The first-order valence-electron chi connectivity index (χ1n) is 6.33.